The number of halogens is 17. The van der Waals surface area contributed by atoms with Crippen molar-refractivity contribution < 1.29 is 88.9 Å². The molecule has 3 atom stereocenters. The first kappa shape index (κ1) is 32.4. The van der Waals surface area contributed by atoms with Crippen molar-refractivity contribution in [2.45, 2.75) is 67.3 Å². The second-order valence-corrected chi connectivity index (χ2v) is 8.08. The summed E-state index contributed by atoms with van der Waals surface area (Å²) in [5, 5.41) is 0. The summed E-state index contributed by atoms with van der Waals surface area (Å²) in [6, 6.07) is -0.784. The molecule has 0 aliphatic carbocycles. The predicted molar refractivity (Wildman–Crippen MR) is 84.0 cm³/mol. The smallest absolute Gasteiger partial charge is 0.335 e. The molecule has 1 amide bonds. The van der Waals surface area contributed by atoms with Gasteiger partial charge in [0.1, 0.15) is 0 Å². The fourth-order valence-electron chi connectivity index (χ4n) is 3.53. The molecule has 0 bridgehead atoms. The molecule has 0 spiro atoms. The summed E-state index contributed by atoms with van der Waals surface area (Å²) in [5.41, 5.74) is 0. The first-order valence-corrected chi connectivity index (χ1v) is 9.80. The summed E-state index contributed by atoms with van der Waals surface area (Å²) in [7, 11) is 0. The van der Waals surface area contributed by atoms with Crippen LogP contribution in [0.4, 0.5) is 74.6 Å². The molecule has 0 aromatic heterocycles. The van der Waals surface area contributed by atoms with Crippen molar-refractivity contribution in [2.24, 2.45) is 0 Å². The molecule has 5 nitrogen and oxygen atoms in total. The lowest BCUT2D eigenvalue weighted by Gasteiger charge is -2.43. The molecule has 0 unspecified atom stereocenters. The number of carbonyl (C=O) groups excluding carboxylic acids is 1. The van der Waals surface area contributed by atoms with Crippen LogP contribution >= 0.6 is 0 Å². The maximum Gasteiger partial charge on any atom is 0.462 e. The zero-order valence-corrected chi connectivity index (χ0v) is 17.9. The number of piperazine rings is 1. The number of fused-ring (bicyclic) bond motifs is 1. The van der Waals surface area contributed by atoms with Crippen molar-refractivity contribution in [1.29, 1.82) is 0 Å². The topological polar surface area (TPSA) is 42.0 Å². The molecule has 0 aromatic carbocycles. The van der Waals surface area contributed by atoms with Gasteiger partial charge in [-0.15, -0.1) is 0 Å². The summed E-state index contributed by atoms with van der Waals surface area (Å²) in [6.07, 6.45) is -37.8. The first-order chi connectivity index (χ1) is 16.6. The van der Waals surface area contributed by atoms with Crippen LogP contribution in [0, 0.1) is 0 Å². The quantitative estimate of drug-likeness (QED) is 0.377. The van der Waals surface area contributed by atoms with E-state index >= 15 is 0 Å². The van der Waals surface area contributed by atoms with E-state index in [0.717, 1.165) is 0 Å². The maximum absolute atomic E-state index is 14.8. The highest BCUT2D eigenvalue weighted by molar-refractivity contribution is 5.85. The van der Waals surface area contributed by atoms with Crippen LogP contribution in [-0.4, -0.2) is 96.3 Å². The molecule has 22 heteroatoms. The number of amides is 1. The van der Waals surface area contributed by atoms with Crippen LogP contribution in [0.5, 0.6) is 0 Å². The number of carbonyl (C=O) groups is 1. The van der Waals surface area contributed by atoms with Gasteiger partial charge in [-0.1, -0.05) is 0 Å². The summed E-state index contributed by atoms with van der Waals surface area (Å²) in [4.78, 5) is 13.5. The number of ether oxygens (including phenoxy) is 2. The van der Waals surface area contributed by atoms with Crippen molar-refractivity contribution in [3.63, 3.8) is 0 Å². The maximum atomic E-state index is 14.8. The van der Waals surface area contributed by atoms with Crippen molar-refractivity contribution >= 4 is 5.91 Å². The number of hydrogen-bond acceptors (Lipinski definition) is 4. The Morgan fingerprint density at radius 2 is 1.16 bits per heavy atom. The van der Waals surface area contributed by atoms with Crippen LogP contribution in [0.1, 0.15) is 12.8 Å². The molecule has 2 aliphatic rings. The lowest BCUT2D eigenvalue weighted by atomic mass is 10.1. The van der Waals surface area contributed by atoms with E-state index in [1.165, 1.54) is 4.74 Å². The molecule has 2 aliphatic heterocycles. The van der Waals surface area contributed by atoms with Crippen LogP contribution in [-0.2, 0) is 14.3 Å². The summed E-state index contributed by atoms with van der Waals surface area (Å²) in [5.74, 6) is -25.7. The minimum absolute atomic E-state index is 0.170. The fourth-order valence-corrected chi connectivity index (χ4v) is 3.53. The molecular formula is C16H13F17N2O3. The second-order valence-electron chi connectivity index (χ2n) is 8.08. The molecule has 0 aromatic rings. The average molecular weight is 604 g/mol. The van der Waals surface area contributed by atoms with Crippen LogP contribution < -0.4 is 0 Å². The van der Waals surface area contributed by atoms with Gasteiger partial charge in [-0.25, -0.2) is 0 Å². The normalized spacial score (nSPS) is 24.1. The van der Waals surface area contributed by atoms with Crippen molar-refractivity contribution in [2.75, 3.05) is 26.2 Å². The van der Waals surface area contributed by atoms with Crippen molar-refractivity contribution in [1.82, 2.24) is 9.80 Å². The van der Waals surface area contributed by atoms with Gasteiger partial charge in [0.25, 0.3) is 5.91 Å². The van der Waals surface area contributed by atoms with E-state index in [-0.39, 0.29) is 17.9 Å². The fraction of sp³-hybridized carbons (Fsp3) is 0.938. The summed E-state index contributed by atoms with van der Waals surface area (Å²) >= 11 is 0. The van der Waals surface area contributed by atoms with Crippen LogP contribution in [0.3, 0.4) is 0 Å². The first-order valence-electron chi connectivity index (χ1n) is 9.80. The van der Waals surface area contributed by atoms with Crippen molar-refractivity contribution in [3.8, 4) is 0 Å². The molecular weight excluding hydrogens is 591 g/mol. The molecule has 2 saturated heterocycles. The third-order valence-corrected chi connectivity index (χ3v) is 5.51. The zero-order chi connectivity index (χ0) is 30.0. The third kappa shape index (κ3) is 5.30. The minimum atomic E-state index is -8.01. The largest absolute Gasteiger partial charge is 0.462 e. The summed E-state index contributed by atoms with van der Waals surface area (Å²) < 4.78 is 228. The number of rotatable bonds is 7. The molecule has 224 valence electrons. The Morgan fingerprint density at radius 3 is 1.61 bits per heavy atom. The van der Waals surface area contributed by atoms with E-state index < -0.39 is 73.4 Å². The van der Waals surface area contributed by atoms with Crippen LogP contribution in [0.25, 0.3) is 0 Å². The molecule has 0 radical (unpaired) electrons. The van der Waals surface area contributed by atoms with Gasteiger partial charge in [0.05, 0.1) is 0 Å². The monoisotopic (exact) mass is 604 g/mol. The Hall–Kier alpha value is -1.84. The Balaban J connectivity index is 2.52. The summed E-state index contributed by atoms with van der Waals surface area (Å²) in [6.45, 7) is -1.69. The second kappa shape index (κ2) is 9.37. The third-order valence-electron chi connectivity index (χ3n) is 5.51. The van der Waals surface area contributed by atoms with Crippen LogP contribution in [0.15, 0.2) is 0 Å². The standard InChI is InChI=1S/C16H13F17N2O3/c17-9(12(21,22)23,8(36)35-5-4-34-3-1-2-7(34)6-35)37-16(32,33)11(20,14(27,28)29)38-15(30,31)10(18,19)13(24,25)26/h7H,1-6H2/t7-,9-,11+/m1/s1. The minimum Gasteiger partial charge on any atom is -0.335 e. The molecule has 2 fully saturated rings. The SMILES string of the molecule is O=C(N1CCN2CCC[C@@H]2C1)[C@@](F)(OC(F)(F)[C@@](F)(OC(F)(F)C(F)(F)C(F)(F)F)C(F)(F)F)C(F)(F)F. The van der Waals surface area contributed by atoms with E-state index in [2.05, 4.69) is 4.74 Å². The van der Waals surface area contributed by atoms with E-state index in [0.29, 0.717) is 13.0 Å². The lowest BCUT2D eigenvalue weighted by Crippen LogP contribution is -2.69. The highest BCUT2D eigenvalue weighted by Gasteiger charge is 2.85. The van der Waals surface area contributed by atoms with E-state index in [9.17, 15) is 79.4 Å². The van der Waals surface area contributed by atoms with E-state index in [1.54, 1.807) is 4.90 Å². The van der Waals surface area contributed by atoms with Gasteiger partial charge in [0.15, 0.2) is 0 Å². The average Bonchev–Trinajstić information content (AvgIpc) is 3.17. The molecule has 0 saturated carbocycles. The molecule has 38 heavy (non-hydrogen) atoms. The highest BCUT2D eigenvalue weighted by atomic mass is 19.4. The van der Waals surface area contributed by atoms with E-state index in [1.807, 2.05) is 0 Å². The van der Waals surface area contributed by atoms with E-state index in [4.69, 9.17) is 0 Å². The Labute approximate surface area is 199 Å². The Kier molecular flexibility index (Phi) is 7.99. The van der Waals surface area contributed by atoms with Gasteiger partial charge >= 0.3 is 48.4 Å². The van der Waals surface area contributed by atoms with Gasteiger partial charge in [-0.05, 0) is 19.4 Å². The van der Waals surface area contributed by atoms with Gasteiger partial charge in [0, 0.05) is 25.7 Å². The Morgan fingerprint density at radius 1 is 0.632 bits per heavy atom. The van der Waals surface area contributed by atoms with Crippen molar-refractivity contribution in [3.05, 3.63) is 0 Å². The zero-order valence-electron chi connectivity index (χ0n) is 17.9. The van der Waals surface area contributed by atoms with Gasteiger partial charge in [-0.2, -0.15) is 74.6 Å². The van der Waals surface area contributed by atoms with Crippen LogP contribution in [0.2, 0.25) is 0 Å². The van der Waals surface area contributed by atoms with Gasteiger partial charge in [0.2, 0.25) is 0 Å². The van der Waals surface area contributed by atoms with Gasteiger partial charge < -0.3 is 4.90 Å². The lowest BCUT2D eigenvalue weighted by molar-refractivity contribution is -0.548. The van der Waals surface area contributed by atoms with Gasteiger partial charge in [-0.3, -0.25) is 19.2 Å². The Bertz CT molecular complexity index is 888. The number of nitrogens with zero attached hydrogens (tertiary/aromatic N) is 2. The highest BCUT2D eigenvalue weighted by Crippen LogP contribution is 2.56. The molecule has 0 N–H and O–H groups in total. The number of hydrogen-bond donors (Lipinski definition) is 0. The number of alkyl halides is 17. The molecule has 2 rings (SSSR count). The predicted octanol–water partition coefficient (Wildman–Crippen LogP) is 5.17. The molecule has 2 heterocycles.